The molecule has 100 valence electrons. The van der Waals surface area contributed by atoms with E-state index in [-0.39, 0.29) is 6.04 Å². The van der Waals surface area contributed by atoms with Crippen molar-refractivity contribution in [2.45, 2.75) is 46.3 Å². The second-order valence-electron chi connectivity index (χ2n) is 5.37. The van der Waals surface area contributed by atoms with Gasteiger partial charge in [0.05, 0.1) is 6.04 Å². The lowest BCUT2D eigenvalue weighted by molar-refractivity contribution is 0.0508. The highest BCUT2D eigenvalue weighted by Crippen LogP contribution is 2.21. The quantitative estimate of drug-likeness (QED) is 0.881. The number of amides is 1. The highest BCUT2D eigenvalue weighted by molar-refractivity contribution is 9.10. The van der Waals surface area contributed by atoms with Crippen molar-refractivity contribution in [3.8, 4) is 0 Å². The first-order valence-corrected chi connectivity index (χ1v) is 6.74. The van der Waals surface area contributed by atoms with Crippen LogP contribution in [0.2, 0.25) is 0 Å². The molecule has 1 atom stereocenters. The Morgan fingerprint density at radius 3 is 2.50 bits per heavy atom. The predicted molar refractivity (Wildman–Crippen MR) is 76.7 cm³/mol. The second kappa shape index (κ2) is 5.74. The maximum Gasteiger partial charge on any atom is 0.408 e. The summed E-state index contributed by atoms with van der Waals surface area (Å²) in [5, 5.41) is 2.84. The van der Waals surface area contributed by atoms with Crippen LogP contribution in [0.25, 0.3) is 0 Å². The average molecular weight is 314 g/mol. The van der Waals surface area contributed by atoms with Gasteiger partial charge in [-0.25, -0.2) is 4.79 Å². The normalized spacial score (nSPS) is 13.0. The smallest absolute Gasteiger partial charge is 0.408 e. The number of carbonyl (C=O) groups excluding carboxylic acids is 1. The Hall–Kier alpha value is -1.03. The minimum absolute atomic E-state index is 0.0760. The number of ether oxygens (including phenoxy) is 1. The molecule has 0 fully saturated rings. The van der Waals surface area contributed by atoms with Gasteiger partial charge >= 0.3 is 6.09 Å². The van der Waals surface area contributed by atoms with Crippen LogP contribution in [0.4, 0.5) is 4.79 Å². The average Bonchev–Trinajstić information content (AvgIpc) is 2.13. The van der Waals surface area contributed by atoms with Gasteiger partial charge in [0, 0.05) is 4.47 Å². The molecule has 1 aromatic rings. The summed E-state index contributed by atoms with van der Waals surface area (Å²) in [7, 11) is 0. The van der Waals surface area contributed by atoms with Crippen LogP contribution in [0.5, 0.6) is 0 Å². The number of alkyl carbamates (subject to hydrolysis) is 1. The lowest BCUT2D eigenvalue weighted by atomic mass is 10.0. The summed E-state index contributed by atoms with van der Waals surface area (Å²) in [6, 6.07) is 5.92. The van der Waals surface area contributed by atoms with Gasteiger partial charge in [-0.05, 0) is 57.9 Å². The van der Waals surface area contributed by atoms with Gasteiger partial charge in [0.1, 0.15) is 5.60 Å². The zero-order chi connectivity index (χ0) is 13.9. The molecular weight excluding hydrogens is 294 g/mol. The maximum absolute atomic E-state index is 11.7. The molecule has 0 saturated carbocycles. The molecule has 0 saturated heterocycles. The van der Waals surface area contributed by atoms with Crippen LogP contribution in [0, 0.1) is 6.92 Å². The van der Waals surface area contributed by atoms with E-state index in [1.807, 2.05) is 52.8 Å². The minimum Gasteiger partial charge on any atom is -0.444 e. The van der Waals surface area contributed by atoms with Gasteiger partial charge in [-0.15, -0.1) is 0 Å². The largest absolute Gasteiger partial charge is 0.444 e. The molecule has 3 nitrogen and oxygen atoms in total. The van der Waals surface area contributed by atoms with Crippen molar-refractivity contribution in [2.24, 2.45) is 0 Å². The number of aryl methyl sites for hydroxylation is 1. The first-order valence-electron chi connectivity index (χ1n) is 5.94. The monoisotopic (exact) mass is 313 g/mol. The standard InChI is InChI=1S/C14H20BrNO2/c1-9-8-11(15)6-7-12(9)10(2)16-13(17)18-14(3,4)5/h6-8,10H,1-5H3,(H,16,17)/t10-/m0/s1. The predicted octanol–water partition coefficient (Wildman–Crippen LogP) is 4.34. The van der Waals surface area contributed by atoms with E-state index in [4.69, 9.17) is 4.74 Å². The van der Waals surface area contributed by atoms with E-state index in [1.165, 1.54) is 0 Å². The molecule has 1 amide bonds. The van der Waals surface area contributed by atoms with Crippen molar-refractivity contribution in [3.63, 3.8) is 0 Å². The molecule has 0 aliphatic heterocycles. The first-order chi connectivity index (χ1) is 8.19. The Bertz CT molecular complexity index is 438. The van der Waals surface area contributed by atoms with Crippen molar-refractivity contribution < 1.29 is 9.53 Å². The van der Waals surface area contributed by atoms with Crippen LogP contribution in [0.15, 0.2) is 22.7 Å². The maximum atomic E-state index is 11.7. The van der Waals surface area contributed by atoms with E-state index < -0.39 is 11.7 Å². The number of halogens is 1. The van der Waals surface area contributed by atoms with Crippen LogP contribution in [-0.4, -0.2) is 11.7 Å². The summed E-state index contributed by atoms with van der Waals surface area (Å²) in [6.07, 6.45) is -0.391. The van der Waals surface area contributed by atoms with Crippen LogP contribution in [0.3, 0.4) is 0 Å². The molecule has 0 spiro atoms. The van der Waals surface area contributed by atoms with E-state index in [2.05, 4.69) is 21.2 Å². The van der Waals surface area contributed by atoms with Crippen molar-refractivity contribution in [1.82, 2.24) is 5.32 Å². The van der Waals surface area contributed by atoms with Crippen LogP contribution in [0.1, 0.15) is 44.9 Å². The molecule has 1 aromatic carbocycles. The van der Waals surface area contributed by atoms with Gasteiger partial charge in [-0.2, -0.15) is 0 Å². The lowest BCUT2D eigenvalue weighted by Crippen LogP contribution is -2.34. The zero-order valence-corrected chi connectivity index (χ0v) is 13.1. The molecule has 0 unspecified atom stereocenters. The number of benzene rings is 1. The first kappa shape index (κ1) is 15.0. The fourth-order valence-electron chi connectivity index (χ4n) is 1.69. The van der Waals surface area contributed by atoms with Gasteiger partial charge in [0.25, 0.3) is 0 Å². The lowest BCUT2D eigenvalue weighted by Gasteiger charge is -2.22. The number of nitrogens with one attached hydrogen (secondary N) is 1. The van der Waals surface area contributed by atoms with Crippen LogP contribution in [-0.2, 0) is 4.74 Å². The Morgan fingerprint density at radius 2 is 2.00 bits per heavy atom. The molecular formula is C14H20BrNO2. The summed E-state index contributed by atoms with van der Waals surface area (Å²) >= 11 is 3.42. The second-order valence-corrected chi connectivity index (χ2v) is 6.28. The number of carbonyl (C=O) groups is 1. The third-order valence-electron chi connectivity index (χ3n) is 2.43. The van der Waals surface area contributed by atoms with Crippen molar-refractivity contribution in [2.75, 3.05) is 0 Å². The topological polar surface area (TPSA) is 38.3 Å². The Kier molecular flexibility index (Phi) is 4.79. The van der Waals surface area contributed by atoms with Crippen molar-refractivity contribution >= 4 is 22.0 Å². The molecule has 18 heavy (non-hydrogen) atoms. The van der Waals surface area contributed by atoms with Gasteiger partial charge < -0.3 is 10.1 Å². The summed E-state index contributed by atoms with van der Waals surface area (Å²) in [5.41, 5.74) is 1.75. The summed E-state index contributed by atoms with van der Waals surface area (Å²) in [5.74, 6) is 0. The van der Waals surface area contributed by atoms with E-state index in [0.717, 1.165) is 15.6 Å². The summed E-state index contributed by atoms with van der Waals surface area (Å²) < 4.78 is 6.27. The molecule has 0 radical (unpaired) electrons. The molecule has 0 aliphatic carbocycles. The minimum atomic E-state index is -0.474. The van der Waals surface area contributed by atoms with E-state index in [9.17, 15) is 4.79 Å². The third kappa shape index (κ3) is 4.69. The zero-order valence-electron chi connectivity index (χ0n) is 11.5. The summed E-state index contributed by atoms with van der Waals surface area (Å²) in [4.78, 5) is 11.7. The molecule has 1 N–H and O–H groups in total. The fraction of sp³-hybridized carbons (Fsp3) is 0.500. The Morgan fingerprint density at radius 1 is 1.39 bits per heavy atom. The molecule has 1 rings (SSSR count). The third-order valence-corrected chi connectivity index (χ3v) is 2.92. The van der Waals surface area contributed by atoms with Crippen LogP contribution < -0.4 is 5.32 Å². The molecule has 4 heteroatoms. The van der Waals surface area contributed by atoms with Crippen molar-refractivity contribution in [3.05, 3.63) is 33.8 Å². The number of rotatable bonds is 2. The van der Waals surface area contributed by atoms with Gasteiger partial charge in [-0.1, -0.05) is 22.0 Å². The van der Waals surface area contributed by atoms with Gasteiger partial charge in [0.15, 0.2) is 0 Å². The Labute approximate surface area is 117 Å². The SMILES string of the molecule is Cc1cc(Br)ccc1[C@H](C)NC(=O)OC(C)(C)C. The molecule has 0 heterocycles. The number of hydrogen-bond donors (Lipinski definition) is 1. The van der Waals surface area contributed by atoms with E-state index in [1.54, 1.807) is 0 Å². The highest BCUT2D eigenvalue weighted by atomic mass is 79.9. The highest BCUT2D eigenvalue weighted by Gasteiger charge is 2.18. The molecule has 0 bridgehead atoms. The summed E-state index contributed by atoms with van der Waals surface area (Å²) in [6.45, 7) is 9.51. The van der Waals surface area contributed by atoms with Crippen molar-refractivity contribution in [1.29, 1.82) is 0 Å². The van der Waals surface area contributed by atoms with Crippen LogP contribution >= 0.6 is 15.9 Å². The molecule has 0 aliphatic rings. The van der Waals surface area contributed by atoms with E-state index >= 15 is 0 Å². The number of hydrogen-bond acceptors (Lipinski definition) is 2. The van der Waals surface area contributed by atoms with E-state index in [0.29, 0.717) is 0 Å². The van der Waals surface area contributed by atoms with Gasteiger partial charge in [0.2, 0.25) is 0 Å². The fourth-order valence-corrected chi connectivity index (χ4v) is 2.16. The molecule has 0 aromatic heterocycles. The Balaban J connectivity index is 2.71. The van der Waals surface area contributed by atoms with Gasteiger partial charge in [-0.3, -0.25) is 0 Å².